The zero-order valence-corrected chi connectivity index (χ0v) is 17.5. The van der Waals surface area contributed by atoms with Crippen molar-refractivity contribution in [3.63, 3.8) is 0 Å². The lowest BCUT2D eigenvalue weighted by molar-refractivity contribution is -0.123. The van der Waals surface area contributed by atoms with Gasteiger partial charge in [0, 0.05) is 5.56 Å². The molecule has 1 aromatic heterocycles. The molecule has 160 valence electrons. The van der Waals surface area contributed by atoms with Gasteiger partial charge in [0.25, 0.3) is 11.8 Å². The molecule has 1 fully saturated rings. The van der Waals surface area contributed by atoms with Gasteiger partial charge in [-0.05, 0) is 62.5 Å². The van der Waals surface area contributed by atoms with Gasteiger partial charge in [-0.3, -0.25) is 20.2 Å². The van der Waals surface area contributed by atoms with E-state index in [-0.39, 0.29) is 40.8 Å². The van der Waals surface area contributed by atoms with E-state index in [0.29, 0.717) is 11.3 Å². The Morgan fingerprint density at radius 3 is 2.03 bits per heavy atom. The molecule has 0 atom stereocenters. The van der Waals surface area contributed by atoms with Gasteiger partial charge in [-0.2, -0.15) is 0 Å². The van der Waals surface area contributed by atoms with E-state index in [9.17, 15) is 19.2 Å². The first-order chi connectivity index (χ1) is 14.8. The van der Waals surface area contributed by atoms with Gasteiger partial charge in [0.1, 0.15) is 17.1 Å². The number of esters is 2. The number of ether oxygens (including phenoxy) is 2. The van der Waals surface area contributed by atoms with Gasteiger partial charge >= 0.3 is 11.9 Å². The minimum Gasteiger partial charge on any atom is -0.462 e. The van der Waals surface area contributed by atoms with E-state index in [2.05, 4.69) is 10.6 Å². The first-order valence-electron chi connectivity index (χ1n) is 9.30. The number of amides is 2. The molecule has 2 aromatic rings. The highest BCUT2D eigenvalue weighted by molar-refractivity contribution is 7.80. The van der Waals surface area contributed by atoms with E-state index in [1.54, 1.807) is 19.9 Å². The first kappa shape index (κ1) is 21.9. The van der Waals surface area contributed by atoms with Crippen LogP contribution in [0.2, 0.25) is 0 Å². The van der Waals surface area contributed by atoms with Gasteiger partial charge < -0.3 is 13.9 Å². The number of benzene rings is 1. The van der Waals surface area contributed by atoms with Crippen LogP contribution in [-0.4, -0.2) is 42.1 Å². The van der Waals surface area contributed by atoms with Crippen LogP contribution in [-0.2, 0) is 19.1 Å². The molecule has 1 aliphatic heterocycles. The normalized spacial score (nSPS) is 13.4. The van der Waals surface area contributed by atoms with E-state index < -0.39 is 23.8 Å². The van der Waals surface area contributed by atoms with Crippen molar-refractivity contribution < 1.29 is 33.1 Å². The minimum atomic E-state index is -0.652. The second-order valence-electron chi connectivity index (χ2n) is 6.24. The van der Waals surface area contributed by atoms with Crippen molar-refractivity contribution in [1.29, 1.82) is 0 Å². The molecule has 0 unspecified atom stereocenters. The summed E-state index contributed by atoms with van der Waals surface area (Å²) in [4.78, 5) is 48.4. The third-order valence-corrected chi connectivity index (χ3v) is 4.30. The third kappa shape index (κ3) is 5.04. The summed E-state index contributed by atoms with van der Waals surface area (Å²) in [5.41, 5.74) is 0.537. The summed E-state index contributed by atoms with van der Waals surface area (Å²) >= 11 is 4.76. The molecule has 10 heteroatoms. The van der Waals surface area contributed by atoms with Crippen LogP contribution in [0.5, 0.6) is 0 Å². The maximum absolute atomic E-state index is 12.2. The van der Waals surface area contributed by atoms with E-state index >= 15 is 0 Å². The Hall–Kier alpha value is -3.79. The number of carbonyl (C=O) groups excluding carboxylic acids is 4. The SMILES string of the molecule is CCOC(=O)c1cc(C(=O)OCC)cc(-c2ccc(C=C3C(=O)NC(=S)NC3=O)o2)c1. The molecular formula is C21H18N2O7S. The van der Waals surface area contributed by atoms with Crippen molar-refractivity contribution in [2.75, 3.05) is 13.2 Å². The Balaban J connectivity index is 1.98. The number of rotatable bonds is 6. The highest BCUT2D eigenvalue weighted by atomic mass is 32.1. The third-order valence-electron chi connectivity index (χ3n) is 4.10. The Kier molecular flexibility index (Phi) is 6.61. The van der Waals surface area contributed by atoms with Crippen LogP contribution in [0.4, 0.5) is 0 Å². The Labute approximate surface area is 182 Å². The summed E-state index contributed by atoms with van der Waals surface area (Å²) in [6.07, 6.45) is 1.26. The highest BCUT2D eigenvalue weighted by Gasteiger charge is 2.26. The summed E-state index contributed by atoms with van der Waals surface area (Å²) in [6, 6.07) is 7.51. The van der Waals surface area contributed by atoms with Gasteiger partial charge in [0.05, 0.1) is 24.3 Å². The maximum atomic E-state index is 12.2. The van der Waals surface area contributed by atoms with Crippen molar-refractivity contribution in [3.8, 4) is 11.3 Å². The monoisotopic (exact) mass is 442 g/mol. The summed E-state index contributed by atoms with van der Waals surface area (Å²) in [7, 11) is 0. The maximum Gasteiger partial charge on any atom is 0.338 e. The van der Waals surface area contributed by atoms with Gasteiger partial charge in [0.15, 0.2) is 5.11 Å². The minimum absolute atomic E-state index is 0.0745. The Morgan fingerprint density at radius 2 is 1.52 bits per heavy atom. The van der Waals surface area contributed by atoms with E-state index in [1.807, 2.05) is 0 Å². The van der Waals surface area contributed by atoms with Crippen molar-refractivity contribution >= 4 is 47.2 Å². The van der Waals surface area contributed by atoms with Gasteiger partial charge in [-0.1, -0.05) is 0 Å². The molecule has 1 aliphatic rings. The molecule has 2 amide bonds. The first-order valence-corrected chi connectivity index (χ1v) is 9.71. The van der Waals surface area contributed by atoms with Crippen LogP contribution in [0, 0.1) is 0 Å². The Morgan fingerprint density at radius 1 is 0.968 bits per heavy atom. The van der Waals surface area contributed by atoms with E-state index in [4.69, 9.17) is 26.1 Å². The molecule has 0 spiro atoms. The second-order valence-corrected chi connectivity index (χ2v) is 6.65. The molecule has 1 saturated heterocycles. The molecule has 2 N–H and O–H groups in total. The standard InChI is InChI=1S/C21H18N2O7S/c1-3-28-19(26)12-7-11(8-13(9-12)20(27)29-4-2)16-6-5-14(30-16)10-15-17(24)22-21(31)23-18(15)25/h5-10H,3-4H2,1-2H3,(H2,22,23,24,25,31). The Bertz CT molecular complexity index is 1060. The summed E-state index contributed by atoms with van der Waals surface area (Å²) in [6.45, 7) is 3.68. The number of furan rings is 1. The summed E-state index contributed by atoms with van der Waals surface area (Å²) < 4.78 is 15.8. The molecule has 0 saturated carbocycles. The van der Waals surface area contributed by atoms with E-state index in [0.717, 1.165) is 0 Å². The predicted octanol–water partition coefficient (Wildman–Crippen LogP) is 2.21. The fourth-order valence-corrected chi connectivity index (χ4v) is 2.95. The van der Waals surface area contributed by atoms with Crippen LogP contribution in [0.1, 0.15) is 40.3 Å². The fourth-order valence-electron chi connectivity index (χ4n) is 2.77. The smallest absolute Gasteiger partial charge is 0.338 e. The zero-order chi connectivity index (χ0) is 22.5. The molecule has 2 heterocycles. The van der Waals surface area contributed by atoms with Crippen LogP contribution in [0.15, 0.2) is 40.3 Å². The molecule has 1 aromatic carbocycles. The van der Waals surface area contributed by atoms with Crippen molar-refractivity contribution in [2.45, 2.75) is 13.8 Å². The number of carbonyl (C=O) groups is 4. The average molecular weight is 442 g/mol. The van der Waals surface area contributed by atoms with Gasteiger partial charge in [0.2, 0.25) is 0 Å². The lowest BCUT2D eigenvalue weighted by atomic mass is 10.0. The second kappa shape index (κ2) is 9.35. The fraction of sp³-hybridized carbons (Fsp3) is 0.190. The number of nitrogens with one attached hydrogen (secondary N) is 2. The van der Waals surface area contributed by atoms with Crippen molar-refractivity contribution in [1.82, 2.24) is 10.6 Å². The number of thiocarbonyl (C=S) groups is 1. The summed E-state index contributed by atoms with van der Waals surface area (Å²) in [5, 5.41) is 4.59. The van der Waals surface area contributed by atoms with Crippen molar-refractivity contribution in [3.05, 3.63) is 52.8 Å². The van der Waals surface area contributed by atoms with Crippen LogP contribution < -0.4 is 10.6 Å². The lowest BCUT2D eigenvalue weighted by Gasteiger charge is -2.15. The predicted molar refractivity (Wildman–Crippen MR) is 113 cm³/mol. The van der Waals surface area contributed by atoms with Gasteiger partial charge in [-0.15, -0.1) is 0 Å². The molecule has 3 rings (SSSR count). The van der Waals surface area contributed by atoms with Crippen LogP contribution in [0.3, 0.4) is 0 Å². The molecule has 31 heavy (non-hydrogen) atoms. The van der Waals surface area contributed by atoms with Crippen LogP contribution >= 0.6 is 12.2 Å². The molecule has 0 bridgehead atoms. The average Bonchev–Trinajstić information content (AvgIpc) is 3.19. The number of hydrogen-bond donors (Lipinski definition) is 2. The molecule has 9 nitrogen and oxygen atoms in total. The highest BCUT2D eigenvalue weighted by Crippen LogP contribution is 2.27. The number of hydrogen-bond acceptors (Lipinski definition) is 8. The van der Waals surface area contributed by atoms with Gasteiger partial charge in [-0.25, -0.2) is 9.59 Å². The molecule has 0 radical (unpaired) electrons. The molecular weight excluding hydrogens is 424 g/mol. The largest absolute Gasteiger partial charge is 0.462 e. The topological polar surface area (TPSA) is 124 Å². The summed E-state index contributed by atoms with van der Waals surface area (Å²) in [5.74, 6) is -2.00. The van der Waals surface area contributed by atoms with Crippen LogP contribution in [0.25, 0.3) is 17.4 Å². The van der Waals surface area contributed by atoms with E-state index in [1.165, 1.54) is 30.3 Å². The van der Waals surface area contributed by atoms with Crippen molar-refractivity contribution in [2.24, 2.45) is 0 Å². The quantitative estimate of drug-likeness (QED) is 0.302. The lowest BCUT2D eigenvalue weighted by Crippen LogP contribution is -2.51. The zero-order valence-electron chi connectivity index (χ0n) is 16.6. The molecule has 0 aliphatic carbocycles.